The molecule has 1 aliphatic heterocycles. The average molecular weight is 542 g/mol. The molecule has 0 unspecified atom stereocenters. The van der Waals surface area contributed by atoms with E-state index in [2.05, 4.69) is 10.2 Å². The molecule has 1 amide bonds. The Morgan fingerprint density at radius 3 is 2.39 bits per heavy atom. The van der Waals surface area contributed by atoms with E-state index in [0.29, 0.717) is 12.3 Å². The number of halogens is 2. The van der Waals surface area contributed by atoms with Gasteiger partial charge in [-0.15, -0.1) is 0 Å². The molecule has 2 aromatic rings. The van der Waals surface area contributed by atoms with Crippen molar-refractivity contribution in [3.8, 4) is 11.5 Å². The largest absolute Gasteiger partial charge is 0.493 e. The Labute approximate surface area is 217 Å². The number of likely N-dealkylation sites (tertiary alicyclic amines) is 1. The molecule has 8 nitrogen and oxygen atoms in total. The third kappa shape index (κ3) is 7.24. The van der Waals surface area contributed by atoms with Crippen molar-refractivity contribution in [3.05, 3.63) is 47.2 Å². The lowest BCUT2D eigenvalue weighted by Crippen LogP contribution is -2.41. The van der Waals surface area contributed by atoms with Crippen LogP contribution in [0.15, 0.2) is 41.3 Å². The van der Waals surface area contributed by atoms with Gasteiger partial charge in [-0.1, -0.05) is 24.4 Å². The summed E-state index contributed by atoms with van der Waals surface area (Å²) in [4.78, 5) is 15.1. The van der Waals surface area contributed by atoms with Crippen molar-refractivity contribution in [2.45, 2.75) is 37.0 Å². The van der Waals surface area contributed by atoms with Gasteiger partial charge in [-0.2, -0.15) is 0 Å². The van der Waals surface area contributed by atoms with Gasteiger partial charge in [0.15, 0.2) is 11.5 Å². The number of carbonyl (C=O) groups is 1. The zero-order chi connectivity index (χ0) is 26.1. The van der Waals surface area contributed by atoms with E-state index in [1.165, 1.54) is 70.2 Å². The highest BCUT2D eigenvalue weighted by atomic mass is 35.5. The Bertz CT molecular complexity index is 1140. The van der Waals surface area contributed by atoms with E-state index in [-0.39, 0.29) is 21.4 Å². The van der Waals surface area contributed by atoms with Gasteiger partial charge in [-0.05, 0) is 69.2 Å². The summed E-state index contributed by atoms with van der Waals surface area (Å²) in [7, 11) is -1.41. The summed E-state index contributed by atoms with van der Waals surface area (Å²) < 4.78 is 52.3. The molecular weight excluding hydrogens is 509 g/mol. The minimum absolute atomic E-state index is 0.0656. The highest BCUT2D eigenvalue weighted by Gasteiger charge is 2.29. The summed E-state index contributed by atoms with van der Waals surface area (Å²) in [6, 6.07) is 7.64. The van der Waals surface area contributed by atoms with E-state index in [9.17, 15) is 17.6 Å². The highest BCUT2D eigenvalue weighted by Crippen LogP contribution is 2.33. The monoisotopic (exact) mass is 541 g/mol. The molecule has 1 fully saturated rings. The number of nitrogens with zero attached hydrogens (tertiary/aromatic N) is 2. The number of anilines is 1. The molecule has 0 atom stereocenters. The lowest BCUT2D eigenvalue weighted by molar-refractivity contribution is -0.119. The highest BCUT2D eigenvalue weighted by molar-refractivity contribution is 7.92. The molecule has 0 saturated carbocycles. The quantitative estimate of drug-likeness (QED) is 0.431. The van der Waals surface area contributed by atoms with Gasteiger partial charge in [0.1, 0.15) is 12.4 Å². The first kappa shape index (κ1) is 28.0. The van der Waals surface area contributed by atoms with Crippen molar-refractivity contribution in [3.63, 3.8) is 0 Å². The number of rotatable bonds is 11. The summed E-state index contributed by atoms with van der Waals surface area (Å²) in [5.41, 5.74) is 0.0656. The molecule has 1 saturated heterocycles. The molecule has 0 aromatic heterocycles. The van der Waals surface area contributed by atoms with Crippen LogP contribution in [0.2, 0.25) is 5.02 Å². The maximum atomic E-state index is 13.8. The summed E-state index contributed by atoms with van der Waals surface area (Å²) >= 11 is 5.93. The number of hydrogen-bond acceptors (Lipinski definition) is 6. The second-order valence-electron chi connectivity index (χ2n) is 8.59. The Morgan fingerprint density at radius 1 is 1.06 bits per heavy atom. The van der Waals surface area contributed by atoms with Gasteiger partial charge in [-0.3, -0.25) is 9.10 Å². The zero-order valence-corrected chi connectivity index (χ0v) is 22.2. The predicted octanol–water partition coefficient (Wildman–Crippen LogP) is 4.07. The lowest BCUT2D eigenvalue weighted by atomic mass is 10.2. The van der Waals surface area contributed by atoms with Crippen LogP contribution in [-0.2, 0) is 14.8 Å². The van der Waals surface area contributed by atoms with Gasteiger partial charge in [-0.25, -0.2) is 12.8 Å². The fraction of sp³-hybridized carbons (Fsp3) is 0.480. The first-order chi connectivity index (χ1) is 17.3. The molecule has 0 radical (unpaired) electrons. The molecule has 1 heterocycles. The molecule has 198 valence electrons. The van der Waals surface area contributed by atoms with E-state index >= 15 is 0 Å². The molecule has 11 heteroatoms. The van der Waals surface area contributed by atoms with Crippen LogP contribution in [0.3, 0.4) is 0 Å². The Morgan fingerprint density at radius 2 is 1.75 bits per heavy atom. The fourth-order valence-electron chi connectivity index (χ4n) is 4.14. The standard InChI is InChI=1S/C25H33ClFN3O5S/c1-34-23-11-9-20(17-24(23)35-2)36(32,33)30(19-8-10-22(27)21(26)16-19)18-25(31)28-12-7-15-29-13-5-3-4-6-14-29/h8-11,16-17H,3-7,12-15,18H2,1-2H3,(H,28,31). The van der Waals surface area contributed by atoms with E-state index in [1.54, 1.807) is 0 Å². The lowest BCUT2D eigenvalue weighted by Gasteiger charge is -2.25. The Hall–Kier alpha value is -2.56. The molecule has 3 rings (SSSR count). The summed E-state index contributed by atoms with van der Waals surface area (Å²) in [5.74, 6) is -0.596. The number of hydrogen-bond donors (Lipinski definition) is 1. The van der Waals surface area contributed by atoms with Crippen LogP contribution in [0.1, 0.15) is 32.1 Å². The normalized spacial score (nSPS) is 14.7. The van der Waals surface area contributed by atoms with E-state index in [4.69, 9.17) is 21.1 Å². The van der Waals surface area contributed by atoms with Crippen molar-refractivity contribution < 1.29 is 27.1 Å². The SMILES string of the molecule is COc1ccc(S(=O)(=O)N(CC(=O)NCCCN2CCCCCC2)c2ccc(F)c(Cl)c2)cc1OC. The van der Waals surface area contributed by atoms with Crippen molar-refractivity contribution in [1.29, 1.82) is 0 Å². The topological polar surface area (TPSA) is 88.2 Å². The average Bonchev–Trinajstić information content (AvgIpc) is 3.15. The molecule has 0 aliphatic carbocycles. The maximum absolute atomic E-state index is 13.8. The van der Waals surface area contributed by atoms with Gasteiger partial charge in [0.2, 0.25) is 5.91 Å². The second-order valence-corrected chi connectivity index (χ2v) is 10.9. The minimum Gasteiger partial charge on any atom is -0.493 e. The van der Waals surface area contributed by atoms with E-state index in [1.807, 2.05) is 0 Å². The van der Waals surface area contributed by atoms with Gasteiger partial charge in [0.05, 0.1) is 29.8 Å². The van der Waals surface area contributed by atoms with E-state index in [0.717, 1.165) is 36.4 Å². The van der Waals surface area contributed by atoms with Gasteiger partial charge < -0.3 is 19.7 Å². The van der Waals surface area contributed by atoms with Gasteiger partial charge in [0.25, 0.3) is 10.0 Å². The number of sulfonamides is 1. The molecular formula is C25H33ClFN3O5S. The number of benzene rings is 2. The summed E-state index contributed by atoms with van der Waals surface area (Å²) in [5, 5.41) is 2.55. The summed E-state index contributed by atoms with van der Waals surface area (Å²) in [6.07, 6.45) is 5.65. The number of nitrogens with one attached hydrogen (secondary N) is 1. The van der Waals surface area contributed by atoms with Crippen LogP contribution in [0.5, 0.6) is 11.5 Å². The van der Waals surface area contributed by atoms with Crippen LogP contribution in [0.25, 0.3) is 0 Å². The third-order valence-corrected chi connectivity index (χ3v) is 8.15. The van der Waals surface area contributed by atoms with Crippen molar-refractivity contribution in [1.82, 2.24) is 10.2 Å². The van der Waals surface area contributed by atoms with Gasteiger partial charge >= 0.3 is 0 Å². The maximum Gasteiger partial charge on any atom is 0.264 e. The van der Waals surface area contributed by atoms with Crippen LogP contribution in [-0.4, -0.2) is 66.2 Å². The minimum atomic E-state index is -4.24. The first-order valence-corrected chi connectivity index (χ1v) is 13.8. The molecule has 36 heavy (non-hydrogen) atoms. The molecule has 1 N–H and O–H groups in total. The zero-order valence-electron chi connectivity index (χ0n) is 20.6. The van der Waals surface area contributed by atoms with Crippen LogP contribution < -0.4 is 19.1 Å². The fourth-order valence-corrected chi connectivity index (χ4v) is 5.74. The molecule has 0 bridgehead atoms. The molecule has 0 spiro atoms. The molecule has 1 aliphatic rings. The van der Waals surface area contributed by atoms with Crippen LogP contribution >= 0.6 is 11.6 Å². The number of methoxy groups -OCH3 is 2. The van der Waals surface area contributed by atoms with Gasteiger partial charge in [0, 0.05) is 12.6 Å². The van der Waals surface area contributed by atoms with Crippen molar-refractivity contribution in [2.75, 3.05) is 51.2 Å². The number of carbonyl (C=O) groups excluding carboxylic acids is 1. The van der Waals surface area contributed by atoms with Crippen LogP contribution in [0.4, 0.5) is 10.1 Å². The second kappa shape index (κ2) is 13.1. The van der Waals surface area contributed by atoms with Crippen LogP contribution in [0, 0.1) is 5.82 Å². The molecule has 2 aromatic carbocycles. The Balaban J connectivity index is 1.76. The number of amides is 1. The predicted molar refractivity (Wildman–Crippen MR) is 138 cm³/mol. The van der Waals surface area contributed by atoms with Crippen molar-refractivity contribution >= 4 is 33.2 Å². The first-order valence-electron chi connectivity index (χ1n) is 11.9. The number of ether oxygens (including phenoxy) is 2. The Kier molecular flexibility index (Phi) is 10.2. The van der Waals surface area contributed by atoms with Crippen molar-refractivity contribution in [2.24, 2.45) is 0 Å². The summed E-state index contributed by atoms with van der Waals surface area (Å²) in [6.45, 7) is 2.93. The smallest absolute Gasteiger partial charge is 0.264 e. The van der Waals surface area contributed by atoms with E-state index < -0.39 is 28.3 Å². The third-order valence-electron chi connectivity index (χ3n) is 6.09.